The zero-order valence-electron chi connectivity index (χ0n) is 11.9. The minimum absolute atomic E-state index is 0.0556. The Morgan fingerprint density at radius 2 is 2.43 bits per heavy atom. The van der Waals surface area contributed by atoms with E-state index in [4.69, 9.17) is 5.11 Å². The fraction of sp³-hybridized carbons (Fsp3) is 0.467. The number of aliphatic hydroxyl groups is 1. The fourth-order valence-electron chi connectivity index (χ4n) is 2.15. The van der Waals surface area contributed by atoms with Gasteiger partial charge in [0.05, 0.1) is 11.5 Å². The van der Waals surface area contributed by atoms with Crippen LogP contribution < -0.4 is 5.32 Å². The zero-order chi connectivity index (χ0) is 15.2. The van der Waals surface area contributed by atoms with E-state index < -0.39 is 0 Å². The molecule has 1 aliphatic rings. The van der Waals surface area contributed by atoms with E-state index in [1.165, 1.54) is 11.3 Å². The summed E-state index contributed by atoms with van der Waals surface area (Å²) in [5.74, 6) is 5.74. The highest BCUT2D eigenvalue weighted by Crippen LogP contribution is 2.16. The van der Waals surface area contributed by atoms with Crippen LogP contribution in [0.4, 0.5) is 0 Å². The molecular weight excluding hydrogens is 288 g/mol. The molecule has 0 bridgehead atoms. The van der Waals surface area contributed by atoms with Crippen molar-refractivity contribution in [3.8, 4) is 11.8 Å². The minimum atomic E-state index is -0.384. The Labute approximate surface area is 128 Å². The molecule has 0 saturated carbocycles. The van der Waals surface area contributed by atoms with E-state index in [1.54, 1.807) is 11.9 Å². The van der Waals surface area contributed by atoms with Gasteiger partial charge in [0.2, 0.25) is 11.8 Å². The average Bonchev–Trinajstić information content (AvgIpc) is 3.07. The van der Waals surface area contributed by atoms with Gasteiger partial charge in [0.15, 0.2) is 0 Å². The van der Waals surface area contributed by atoms with Crippen LogP contribution in [0, 0.1) is 11.8 Å². The van der Waals surface area contributed by atoms with Crippen molar-refractivity contribution in [1.29, 1.82) is 0 Å². The lowest BCUT2D eigenvalue weighted by molar-refractivity contribution is -0.133. The summed E-state index contributed by atoms with van der Waals surface area (Å²) in [6.07, 6.45) is 1.46. The van der Waals surface area contributed by atoms with E-state index in [0.29, 0.717) is 25.8 Å². The van der Waals surface area contributed by atoms with Crippen LogP contribution >= 0.6 is 11.3 Å². The smallest absolute Gasteiger partial charge is 0.245 e. The van der Waals surface area contributed by atoms with E-state index in [9.17, 15) is 9.59 Å². The van der Waals surface area contributed by atoms with Crippen molar-refractivity contribution in [1.82, 2.24) is 10.2 Å². The van der Waals surface area contributed by atoms with E-state index in [0.717, 1.165) is 10.4 Å². The number of nitrogens with one attached hydrogen (secondary N) is 1. The summed E-state index contributed by atoms with van der Waals surface area (Å²) < 4.78 is 0. The lowest BCUT2D eigenvalue weighted by Gasteiger charge is -2.20. The Hall–Kier alpha value is -1.84. The normalized spacial score (nSPS) is 17.0. The Kier molecular flexibility index (Phi) is 5.37. The Bertz CT molecular complexity index is 585. The first-order valence-corrected chi connectivity index (χ1v) is 7.69. The molecule has 0 aromatic carbocycles. The van der Waals surface area contributed by atoms with Crippen LogP contribution in [0.15, 0.2) is 11.4 Å². The van der Waals surface area contributed by atoms with Crippen molar-refractivity contribution in [3.63, 3.8) is 0 Å². The Balaban J connectivity index is 1.91. The third-order valence-corrected chi connectivity index (χ3v) is 4.09. The van der Waals surface area contributed by atoms with Crippen LogP contribution in [0.3, 0.4) is 0 Å². The van der Waals surface area contributed by atoms with Gasteiger partial charge in [0, 0.05) is 26.4 Å². The molecule has 1 unspecified atom stereocenters. The summed E-state index contributed by atoms with van der Waals surface area (Å²) in [4.78, 5) is 25.9. The number of likely N-dealkylation sites (N-methyl/N-ethyl adjacent to an activating group) is 1. The second-order valence-corrected chi connectivity index (χ2v) is 5.86. The van der Waals surface area contributed by atoms with Gasteiger partial charge in [-0.2, -0.15) is 0 Å². The molecule has 2 N–H and O–H groups in total. The molecule has 1 aromatic heterocycles. The molecule has 2 amide bonds. The van der Waals surface area contributed by atoms with Crippen LogP contribution in [0.2, 0.25) is 0 Å². The summed E-state index contributed by atoms with van der Waals surface area (Å²) in [6, 6.07) is 1.57. The molecule has 21 heavy (non-hydrogen) atoms. The minimum Gasteiger partial charge on any atom is -0.395 e. The van der Waals surface area contributed by atoms with Crippen molar-refractivity contribution in [2.45, 2.75) is 31.8 Å². The molecule has 1 aromatic rings. The molecule has 1 fully saturated rings. The number of thiophene rings is 1. The van der Waals surface area contributed by atoms with Gasteiger partial charge in [-0.1, -0.05) is 11.8 Å². The van der Waals surface area contributed by atoms with Crippen LogP contribution in [0.25, 0.3) is 0 Å². The number of carbonyl (C=O) groups is 2. The summed E-state index contributed by atoms with van der Waals surface area (Å²) in [5, 5.41) is 13.3. The van der Waals surface area contributed by atoms with Gasteiger partial charge in [-0.3, -0.25) is 9.59 Å². The third-order valence-electron chi connectivity index (χ3n) is 3.19. The molecular formula is C15H18N2O3S. The second-order valence-electron chi connectivity index (χ2n) is 4.95. The third kappa shape index (κ3) is 4.31. The predicted molar refractivity (Wildman–Crippen MR) is 80.5 cm³/mol. The molecule has 2 rings (SSSR count). The maximum Gasteiger partial charge on any atom is 0.245 e. The fourth-order valence-corrected chi connectivity index (χ4v) is 2.92. The first kappa shape index (κ1) is 15.5. The highest BCUT2D eigenvalue weighted by Gasteiger charge is 2.29. The lowest BCUT2D eigenvalue weighted by Crippen LogP contribution is -2.42. The monoisotopic (exact) mass is 306 g/mol. The standard InChI is InChI=1S/C15H18N2O3S/c1-17(15(20)13-5-6-14(19)16-13)9-11-8-12(21-10-11)4-2-3-7-18/h8,10,13,18H,3,5-7,9H2,1H3,(H,16,19). The summed E-state index contributed by atoms with van der Waals surface area (Å²) in [7, 11) is 1.74. The first-order chi connectivity index (χ1) is 10.1. The van der Waals surface area contributed by atoms with Crippen molar-refractivity contribution < 1.29 is 14.7 Å². The lowest BCUT2D eigenvalue weighted by atomic mass is 10.2. The van der Waals surface area contributed by atoms with E-state index in [-0.39, 0.29) is 24.5 Å². The molecule has 112 valence electrons. The number of nitrogens with zero attached hydrogens (tertiary/aromatic N) is 1. The molecule has 2 heterocycles. The van der Waals surface area contributed by atoms with E-state index >= 15 is 0 Å². The van der Waals surface area contributed by atoms with Crippen molar-refractivity contribution >= 4 is 23.2 Å². The molecule has 0 radical (unpaired) electrons. The van der Waals surface area contributed by atoms with Gasteiger partial charge >= 0.3 is 0 Å². The Morgan fingerprint density at radius 1 is 1.62 bits per heavy atom. The Morgan fingerprint density at radius 3 is 3.10 bits per heavy atom. The number of amides is 2. The molecule has 6 heteroatoms. The highest BCUT2D eigenvalue weighted by molar-refractivity contribution is 7.10. The topological polar surface area (TPSA) is 69.6 Å². The average molecular weight is 306 g/mol. The van der Waals surface area contributed by atoms with Gasteiger partial charge < -0.3 is 15.3 Å². The van der Waals surface area contributed by atoms with Crippen molar-refractivity contribution in [3.05, 3.63) is 21.9 Å². The molecule has 1 saturated heterocycles. The molecule has 0 aliphatic carbocycles. The SMILES string of the molecule is CN(Cc1csc(C#CCCO)c1)C(=O)C1CCC(=O)N1. The van der Waals surface area contributed by atoms with E-state index in [2.05, 4.69) is 17.2 Å². The summed E-state index contributed by atoms with van der Waals surface area (Å²) in [5.41, 5.74) is 1.02. The molecule has 5 nitrogen and oxygen atoms in total. The van der Waals surface area contributed by atoms with E-state index in [1.807, 2.05) is 11.4 Å². The molecule has 1 aliphatic heterocycles. The van der Waals surface area contributed by atoms with Gasteiger partial charge in [0.1, 0.15) is 6.04 Å². The van der Waals surface area contributed by atoms with Gasteiger partial charge in [-0.05, 0) is 23.4 Å². The zero-order valence-corrected chi connectivity index (χ0v) is 12.7. The summed E-state index contributed by atoms with van der Waals surface area (Å²) >= 11 is 1.52. The number of carbonyl (C=O) groups excluding carboxylic acids is 2. The van der Waals surface area contributed by atoms with Gasteiger partial charge in [-0.15, -0.1) is 11.3 Å². The van der Waals surface area contributed by atoms with Crippen LogP contribution in [-0.2, 0) is 16.1 Å². The molecule has 1 atom stereocenters. The second kappa shape index (κ2) is 7.25. The summed E-state index contributed by atoms with van der Waals surface area (Å²) in [6.45, 7) is 0.568. The van der Waals surface area contributed by atoms with Crippen molar-refractivity contribution in [2.24, 2.45) is 0 Å². The largest absolute Gasteiger partial charge is 0.395 e. The van der Waals surface area contributed by atoms with Crippen LogP contribution in [0.1, 0.15) is 29.7 Å². The van der Waals surface area contributed by atoms with Gasteiger partial charge in [-0.25, -0.2) is 0 Å². The number of rotatable bonds is 4. The number of hydrogen-bond acceptors (Lipinski definition) is 4. The van der Waals surface area contributed by atoms with Crippen LogP contribution in [0.5, 0.6) is 0 Å². The number of aliphatic hydroxyl groups excluding tert-OH is 1. The number of hydrogen-bond donors (Lipinski definition) is 2. The first-order valence-electron chi connectivity index (χ1n) is 6.81. The maximum absolute atomic E-state index is 12.2. The van der Waals surface area contributed by atoms with Gasteiger partial charge in [0.25, 0.3) is 0 Å². The predicted octanol–water partition coefficient (Wildman–Crippen LogP) is 0.719. The highest BCUT2D eigenvalue weighted by atomic mass is 32.1. The van der Waals surface area contributed by atoms with Crippen molar-refractivity contribution in [2.75, 3.05) is 13.7 Å². The molecule has 0 spiro atoms. The maximum atomic E-state index is 12.2. The quantitative estimate of drug-likeness (QED) is 0.805. The van der Waals surface area contributed by atoms with Crippen LogP contribution in [-0.4, -0.2) is 41.5 Å².